The third-order valence-electron chi connectivity index (χ3n) is 1.93. The fraction of sp³-hybridized carbons (Fsp3) is 0.400. The number of carbonyl (C=O) groups excluding carboxylic acids is 1. The Hall–Kier alpha value is -1.76. The molecule has 14 heavy (non-hydrogen) atoms. The minimum atomic E-state index is -0.554. The fourth-order valence-corrected chi connectivity index (χ4v) is 1.04. The van der Waals surface area contributed by atoms with Crippen LogP contribution in [0.3, 0.4) is 0 Å². The summed E-state index contributed by atoms with van der Waals surface area (Å²) in [5.74, 6) is -0.780. The normalized spacial score (nSPS) is 11.7. The van der Waals surface area contributed by atoms with Gasteiger partial charge in [0.1, 0.15) is 5.92 Å². The van der Waals surface area contributed by atoms with Crippen molar-refractivity contribution in [2.45, 2.75) is 19.9 Å². The van der Waals surface area contributed by atoms with Crippen molar-refractivity contribution < 1.29 is 9.21 Å². The Bertz CT molecular complexity index is 324. The molecule has 1 aromatic rings. The SMILES string of the molecule is CCC(C#N)C(=O)NCc1ccoc1. The summed E-state index contributed by atoms with van der Waals surface area (Å²) in [4.78, 5) is 11.3. The third-order valence-corrected chi connectivity index (χ3v) is 1.93. The van der Waals surface area contributed by atoms with Gasteiger partial charge in [0.2, 0.25) is 5.91 Å². The summed E-state index contributed by atoms with van der Waals surface area (Å²) in [6.45, 7) is 2.22. The molecule has 1 atom stereocenters. The second kappa shape index (κ2) is 5.07. The molecule has 74 valence electrons. The molecule has 0 aromatic carbocycles. The lowest BCUT2D eigenvalue weighted by atomic mass is 10.1. The van der Waals surface area contributed by atoms with E-state index < -0.39 is 5.92 Å². The van der Waals surface area contributed by atoms with Crippen molar-refractivity contribution in [2.24, 2.45) is 5.92 Å². The number of rotatable bonds is 4. The van der Waals surface area contributed by atoms with E-state index in [-0.39, 0.29) is 5.91 Å². The Labute approximate surface area is 82.5 Å². The minimum Gasteiger partial charge on any atom is -0.472 e. The number of carbonyl (C=O) groups is 1. The van der Waals surface area contributed by atoms with Crippen molar-refractivity contribution in [3.05, 3.63) is 24.2 Å². The molecule has 4 nitrogen and oxygen atoms in total. The van der Waals surface area contributed by atoms with E-state index in [1.165, 1.54) is 0 Å². The average molecular weight is 192 g/mol. The van der Waals surface area contributed by atoms with Gasteiger partial charge in [0.25, 0.3) is 0 Å². The van der Waals surface area contributed by atoms with Crippen LogP contribution < -0.4 is 5.32 Å². The van der Waals surface area contributed by atoms with Gasteiger partial charge in [-0.25, -0.2) is 0 Å². The van der Waals surface area contributed by atoms with Crippen LogP contribution >= 0.6 is 0 Å². The van der Waals surface area contributed by atoms with Gasteiger partial charge in [0, 0.05) is 12.1 Å². The average Bonchev–Trinajstić information content (AvgIpc) is 2.69. The molecule has 1 N–H and O–H groups in total. The number of nitrogens with zero attached hydrogens (tertiary/aromatic N) is 1. The summed E-state index contributed by atoms with van der Waals surface area (Å²) in [7, 11) is 0. The number of hydrogen-bond donors (Lipinski definition) is 1. The van der Waals surface area contributed by atoms with Gasteiger partial charge in [-0.3, -0.25) is 4.79 Å². The van der Waals surface area contributed by atoms with Crippen LogP contribution in [0.5, 0.6) is 0 Å². The van der Waals surface area contributed by atoms with Crippen molar-refractivity contribution >= 4 is 5.91 Å². The molecule has 0 aliphatic rings. The minimum absolute atomic E-state index is 0.226. The first-order chi connectivity index (χ1) is 6.77. The van der Waals surface area contributed by atoms with Crippen LogP contribution in [-0.2, 0) is 11.3 Å². The van der Waals surface area contributed by atoms with Gasteiger partial charge in [-0.2, -0.15) is 5.26 Å². The zero-order valence-electron chi connectivity index (χ0n) is 7.99. The smallest absolute Gasteiger partial charge is 0.237 e. The molecule has 1 aromatic heterocycles. The molecular weight excluding hydrogens is 180 g/mol. The highest BCUT2D eigenvalue weighted by molar-refractivity contribution is 5.80. The summed E-state index contributed by atoms with van der Waals surface area (Å²) in [5.41, 5.74) is 0.895. The van der Waals surface area contributed by atoms with Gasteiger partial charge in [-0.1, -0.05) is 6.92 Å². The maximum atomic E-state index is 11.3. The topological polar surface area (TPSA) is 66.0 Å². The lowest BCUT2D eigenvalue weighted by molar-refractivity contribution is -0.123. The molecule has 0 aliphatic heterocycles. The monoisotopic (exact) mass is 192 g/mol. The predicted molar refractivity (Wildman–Crippen MR) is 49.9 cm³/mol. The standard InChI is InChI=1S/C10H12N2O2/c1-2-9(5-11)10(13)12-6-8-3-4-14-7-8/h3-4,7,9H,2,6H2,1H3,(H,12,13). The van der Waals surface area contributed by atoms with E-state index in [4.69, 9.17) is 9.68 Å². The summed E-state index contributed by atoms with van der Waals surface area (Å²) in [6.07, 6.45) is 3.64. The largest absolute Gasteiger partial charge is 0.472 e. The third kappa shape index (κ3) is 2.63. The molecule has 0 aliphatic carbocycles. The van der Waals surface area contributed by atoms with Gasteiger partial charge >= 0.3 is 0 Å². The highest BCUT2D eigenvalue weighted by Gasteiger charge is 2.14. The zero-order valence-corrected chi connectivity index (χ0v) is 7.99. The second-order valence-electron chi connectivity index (χ2n) is 2.94. The highest BCUT2D eigenvalue weighted by Crippen LogP contribution is 2.02. The van der Waals surface area contributed by atoms with Crippen LogP contribution in [0.2, 0.25) is 0 Å². The Morgan fingerprint density at radius 3 is 3.07 bits per heavy atom. The molecular formula is C10H12N2O2. The summed E-state index contributed by atoms with van der Waals surface area (Å²) in [6, 6.07) is 3.72. The number of hydrogen-bond acceptors (Lipinski definition) is 3. The highest BCUT2D eigenvalue weighted by atomic mass is 16.3. The maximum Gasteiger partial charge on any atom is 0.237 e. The molecule has 1 unspecified atom stereocenters. The number of nitrogens with one attached hydrogen (secondary N) is 1. The van der Waals surface area contributed by atoms with Gasteiger partial charge in [-0.15, -0.1) is 0 Å². The first-order valence-corrected chi connectivity index (χ1v) is 4.46. The first kappa shape index (κ1) is 10.3. The summed E-state index contributed by atoms with van der Waals surface area (Å²) >= 11 is 0. The van der Waals surface area contributed by atoms with E-state index in [1.807, 2.05) is 13.0 Å². The van der Waals surface area contributed by atoms with E-state index in [9.17, 15) is 4.79 Å². The predicted octanol–water partition coefficient (Wildman–Crippen LogP) is 1.45. The van der Waals surface area contributed by atoms with Crippen LogP contribution in [-0.4, -0.2) is 5.91 Å². The van der Waals surface area contributed by atoms with Gasteiger partial charge < -0.3 is 9.73 Å². The van der Waals surface area contributed by atoms with Gasteiger partial charge in [-0.05, 0) is 12.5 Å². The molecule has 1 amide bonds. The quantitative estimate of drug-likeness (QED) is 0.785. The van der Waals surface area contributed by atoms with E-state index in [2.05, 4.69) is 5.32 Å². The summed E-state index contributed by atoms with van der Waals surface area (Å²) < 4.78 is 4.84. The van der Waals surface area contributed by atoms with E-state index in [0.29, 0.717) is 13.0 Å². The molecule has 1 heterocycles. The fourth-order valence-electron chi connectivity index (χ4n) is 1.04. The molecule has 0 bridgehead atoms. The van der Waals surface area contributed by atoms with Crippen LogP contribution in [0, 0.1) is 17.2 Å². The Balaban J connectivity index is 2.39. The maximum absolute atomic E-state index is 11.3. The van der Waals surface area contributed by atoms with Crippen LogP contribution in [0.25, 0.3) is 0 Å². The Morgan fingerprint density at radius 1 is 1.79 bits per heavy atom. The molecule has 0 spiro atoms. The van der Waals surface area contributed by atoms with Crippen molar-refractivity contribution in [3.8, 4) is 6.07 Å². The van der Waals surface area contributed by atoms with Gasteiger partial charge in [0.15, 0.2) is 0 Å². The number of furan rings is 1. The van der Waals surface area contributed by atoms with Crippen molar-refractivity contribution in [3.63, 3.8) is 0 Å². The van der Waals surface area contributed by atoms with Crippen LogP contribution in [0.15, 0.2) is 23.0 Å². The van der Waals surface area contributed by atoms with Crippen molar-refractivity contribution in [1.82, 2.24) is 5.32 Å². The number of nitriles is 1. The Morgan fingerprint density at radius 2 is 2.57 bits per heavy atom. The van der Waals surface area contributed by atoms with E-state index in [0.717, 1.165) is 5.56 Å². The van der Waals surface area contributed by atoms with Crippen molar-refractivity contribution in [2.75, 3.05) is 0 Å². The van der Waals surface area contributed by atoms with Crippen LogP contribution in [0.1, 0.15) is 18.9 Å². The lowest BCUT2D eigenvalue weighted by Crippen LogP contribution is -2.28. The Kier molecular flexibility index (Phi) is 3.74. The molecule has 0 fully saturated rings. The molecule has 0 saturated heterocycles. The van der Waals surface area contributed by atoms with Gasteiger partial charge in [0.05, 0.1) is 18.6 Å². The molecule has 4 heteroatoms. The zero-order chi connectivity index (χ0) is 10.4. The van der Waals surface area contributed by atoms with E-state index in [1.54, 1.807) is 18.6 Å². The van der Waals surface area contributed by atoms with Crippen molar-refractivity contribution in [1.29, 1.82) is 5.26 Å². The van der Waals surface area contributed by atoms with E-state index >= 15 is 0 Å². The number of amides is 1. The molecule has 0 saturated carbocycles. The first-order valence-electron chi connectivity index (χ1n) is 4.46. The lowest BCUT2D eigenvalue weighted by Gasteiger charge is -2.06. The molecule has 0 radical (unpaired) electrons. The second-order valence-corrected chi connectivity index (χ2v) is 2.94. The summed E-state index contributed by atoms with van der Waals surface area (Å²) in [5, 5.41) is 11.3. The van der Waals surface area contributed by atoms with Crippen LogP contribution in [0.4, 0.5) is 0 Å². The molecule has 1 rings (SSSR count).